The Hall–Kier alpha value is -3.72. The number of methoxy groups -OCH3 is 2. The minimum atomic E-state index is -0.816. The zero-order chi connectivity index (χ0) is 26.4. The number of carbonyl (C=O) groups is 2. The molecule has 9 heteroatoms. The SMILES string of the molecule is CCCCOc1ccc([C@H]2C(=C(O)c3ccc4c(c3)OCCO4)C(=O)C(=O)N2CCCOC)cc1OC. The predicted octanol–water partition coefficient (Wildman–Crippen LogP) is 4.10. The van der Waals surface area contributed by atoms with E-state index < -0.39 is 17.7 Å². The van der Waals surface area contributed by atoms with Crippen LogP contribution in [0.3, 0.4) is 0 Å². The number of amides is 1. The number of ketones is 1. The molecule has 1 fully saturated rings. The third-order valence-corrected chi connectivity index (χ3v) is 6.36. The summed E-state index contributed by atoms with van der Waals surface area (Å²) in [6, 6.07) is 9.43. The Morgan fingerprint density at radius 2 is 1.78 bits per heavy atom. The fourth-order valence-electron chi connectivity index (χ4n) is 4.48. The van der Waals surface area contributed by atoms with Gasteiger partial charge in [0.15, 0.2) is 23.0 Å². The molecule has 0 unspecified atom stereocenters. The molecule has 2 heterocycles. The molecule has 1 N–H and O–H groups in total. The first-order valence-electron chi connectivity index (χ1n) is 12.5. The van der Waals surface area contributed by atoms with Crippen LogP contribution in [0.25, 0.3) is 5.76 Å². The summed E-state index contributed by atoms with van der Waals surface area (Å²) in [5, 5.41) is 11.4. The fourth-order valence-corrected chi connectivity index (χ4v) is 4.48. The molecule has 37 heavy (non-hydrogen) atoms. The quantitative estimate of drug-likeness (QED) is 0.208. The van der Waals surface area contributed by atoms with Crippen molar-refractivity contribution >= 4 is 17.4 Å². The standard InChI is InChI=1S/C28H33NO8/c1-4-5-13-35-20-9-7-18(16-22(20)34-3)25-24(27(31)28(32)29(25)11-6-12-33-2)26(30)19-8-10-21-23(17-19)37-15-14-36-21/h7-10,16-17,25,30H,4-6,11-15H2,1-3H3/t25-/m0/s1. The molecule has 2 aromatic rings. The molecular weight excluding hydrogens is 478 g/mol. The Bertz CT molecular complexity index is 1170. The van der Waals surface area contributed by atoms with Crippen molar-refractivity contribution in [3.8, 4) is 23.0 Å². The lowest BCUT2D eigenvalue weighted by Crippen LogP contribution is -2.31. The molecule has 1 amide bonds. The average molecular weight is 512 g/mol. The van der Waals surface area contributed by atoms with Gasteiger partial charge in [-0.3, -0.25) is 9.59 Å². The summed E-state index contributed by atoms with van der Waals surface area (Å²) >= 11 is 0. The molecule has 2 aliphatic rings. The summed E-state index contributed by atoms with van der Waals surface area (Å²) < 4.78 is 27.8. The molecule has 198 valence electrons. The van der Waals surface area contributed by atoms with Crippen LogP contribution in [0.4, 0.5) is 0 Å². The van der Waals surface area contributed by atoms with Crippen LogP contribution >= 0.6 is 0 Å². The zero-order valence-corrected chi connectivity index (χ0v) is 21.5. The van der Waals surface area contributed by atoms with E-state index >= 15 is 0 Å². The number of carbonyl (C=O) groups excluding carboxylic acids is 2. The number of aliphatic hydroxyl groups excluding tert-OH is 1. The normalized spacial score (nSPS) is 18.2. The van der Waals surface area contributed by atoms with Gasteiger partial charge in [0, 0.05) is 25.8 Å². The largest absolute Gasteiger partial charge is 0.507 e. The van der Waals surface area contributed by atoms with E-state index in [-0.39, 0.29) is 17.9 Å². The van der Waals surface area contributed by atoms with Crippen molar-refractivity contribution in [2.24, 2.45) is 0 Å². The third kappa shape index (κ3) is 5.51. The van der Waals surface area contributed by atoms with Gasteiger partial charge in [-0.15, -0.1) is 0 Å². The summed E-state index contributed by atoms with van der Waals surface area (Å²) in [4.78, 5) is 27.9. The molecule has 9 nitrogen and oxygen atoms in total. The topological polar surface area (TPSA) is 104 Å². The van der Waals surface area contributed by atoms with Gasteiger partial charge in [-0.05, 0) is 48.7 Å². The Kier molecular flexibility index (Phi) is 8.55. The average Bonchev–Trinajstić information content (AvgIpc) is 3.17. The minimum absolute atomic E-state index is 0.000740. The Labute approximate surface area is 216 Å². The van der Waals surface area contributed by atoms with Gasteiger partial charge in [-0.2, -0.15) is 0 Å². The Morgan fingerprint density at radius 3 is 2.51 bits per heavy atom. The van der Waals surface area contributed by atoms with Crippen molar-refractivity contribution in [1.82, 2.24) is 4.90 Å². The molecule has 0 bridgehead atoms. The number of likely N-dealkylation sites (tertiary alicyclic amines) is 1. The number of hydrogen-bond acceptors (Lipinski definition) is 8. The molecule has 2 aromatic carbocycles. The molecule has 0 aromatic heterocycles. The monoisotopic (exact) mass is 511 g/mol. The number of Topliss-reactive ketones (excluding diaryl/α,β-unsaturated/α-hetero) is 1. The minimum Gasteiger partial charge on any atom is -0.507 e. The highest BCUT2D eigenvalue weighted by Gasteiger charge is 2.46. The van der Waals surface area contributed by atoms with Gasteiger partial charge in [-0.25, -0.2) is 0 Å². The lowest BCUT2D eigenvalue weighted by Gasteiger charge is -2.26. The first kappa shape index (κ1) is 26.3. The van der Waals surface area contributed by atoms with E-state index in [1.54, 1.807) is 43.5 Å². The number of aliphatic hydroxyl groups is 1. The van der Waals surface area contributed by atoms with E-state index in [2.05, 4.69) is 6.92 Å². The lowest BCUT2D eigenvalue weighted by molar-refractivity contribution is -0.140. The number of ether oxygens (including phenoxy) is 5. The summed E-state index contributed by atoms with van der Waals surface area (Å²) in [6.07, 6.45) is 2.43. The Balaban J connectivity index is 1.78. The smallest absolute Gasteiger partial charge is 0.295 e. The van der Waals surface area contributed by atoms with Crippen LogP contribution in [0.1, 0.15) is 43.4 Å². The van der Waals surface area contributed by atoms with E-state index in [9.17, 15) is 14.7 Å². The molecule has 2 aliphatic heterocycles. The van der Waals surface area contributed by atoms with Crippen molar-refractivity contribution in [2.45, 2.75) is 32.2 Å². The zero-order valence-electron chi connectivity index (χ0n) is 21.5. The van der Waals surface area contributed by atoms with Crippen LogP contribution < -0.4 is 18.9 Å². The summed E-state index contributed by atoms with van der Waals surface area (Å²) in [7, 11) is 3.12. The van der Waals surface area contributed by atoms with Gasteiger partial charge < -0.3 is 33.7 Å². The van der Waals surface area contributed by atoms with Crippen LogP contribution in [0.15, 0.2) is 42.0 Å². The highest BCUT2D eigenvalue weighted by molar-refractivity contribution is 6.46. The maximum absolute atomic E-state index is 13.3. The van der Waals surface area contributed by atoms with Gasteiger partial charge in [0.2, 0.25) is 0 Å². The summed E-state index contributed by atoms with van der Waals surface area (Å²) in [6.45, 7) is 4.14. The first-order valence-corrected chi connectivity index (χ1v) is 12.5. The van der Waals surface area contributed by atoms with E-state index in [1.165, 1.54) is 12.0 Å². The molecule has 0 radical (unpaired) electrons. The molecule has 1 saturated heterocycles. The second kappa shape index (κ2) is 12.0. The highest BCUT2D eigenvalue weighted by atomic mass is 16.6. The number of fused-ring (bicyclic) bond motifs is 1. The number of nitrogens with zero attached hydrogens (tertiary/aromatic N) is 1. The molecule has 1 atom stereocenters. The molecular formula is C28H33NO8. The van der Waals surface area contributed by atoms with Crippen LogP contribution in [-0.4, -0.2) is 68.9 Å². The Morgan fingerprint density at radius 1 is 1.00 bits per heavy atom. The van der Waals surface area contributed by atoms with E-state index in [1.807, 2.05) is 0 Å². The van der Waals surface area contributed by atoms with Gasteiger partial charge in [0.1, 0.15) is 19.0 Å². The number of hydrogen-bond donors (Lipinski definition) is 1. The molecule has 0 aliphatic carbocycles. The van der Waals surface area contributed by atoms with E-state index in [0.717, 1.165) is 12.8 Å². The van der Waals surface area contributed by atoms with Crippen molar-refractivity contribution in [2.75, 3.05) is 47.2 Å². The van der Waals surface area contributed by atoms with Crippen LogP contribution in [0, 0.1) is 0 Å². The second-order valence-corrected chi connectivity index (χ2v) is 8.81. The van der Waals surface area contributed by atoms with E-state index in [0.29, 0.717) is 67.0 Å². The molecule has 0 saturated carbocycles. The third-order valence-electron chi connectivity index (χ3n) is 6.36. The highest BCUT2D eigenvalue weighted by Crippen LogP contribution is 2.43. The molecule has 4 rings (SSSR count). The van der Waals surface area contributed by atoms with Crippen molar-refractivity contribution in [3.05, 3.63) is 53.1 Å². The van der Waals surface area contributed by atoms with Crippen molar-refractivity contribution in [3.63, 3.8) is 0 Å². The first-order chi connectivity index (χ1) is 18.0. The predicted molar refractivity (Wildman–Crippen MR) is 136 cm³/mol. The van der Waals surface area contributed by atoms with Gasteiger partial charge in [0.25, 0.3) is 11.7 Å². The van der Waals surface area contributed by atoms with Gasteiger partial charge in [0.05, 0.1) is 25.3 Å². The van der Waals surface area contributed by atoms with Gasteiger partial charge in [-0.1, -0.05) is 19.4 Å². The lowest BCUT2D eigenvalue weighted by atomic mass is 9.94. The summed E-state index contributed by atoms with van der Waals surface area (Å²) in [5.41, 5.74) is 0.979. The van der Waals surface area contributed by atoms with Crippen molar-refractivity contribution in [1.29, 1.82) is 0 Å². The van der Waals surface area contributed by atoms with E-state index in [4.69, 9.17) is 23.7 Å². The molecule has 0 spiro atoms. The maximum atomic E-state index is 13.3. The number of unbranched alkanes of at least 4 members (excludes halogenated alkanes) is 1. The maximum Gasteiger partial charge on any atom is 0.295 e. The number of benzene rings is 2. The van der Waals surface area contributed by atoms with Crippen LogP contribution in [0.5, 0.6) is 23.0 Å². The van der Waals surface area contributed by atoms with Crippen LogP contribution in [-0.2, 0) is 14.3 Å². The number of rotatable bonds is 11. The second-order valence-electron chi connectivity index (χ2n) is 8.81. The van der Waals surface area contributed by atoms with Gasteiger partial charge >= 0.3 is 0 Å². The van der Waals surface area contributed by atoms with Crippen LogP contribution in [0.2, 0.25) is 0 Å². The summed E-state index contributed by atoms with van der Waals surface area (Å²) in [5.74, 6) is 0.369. The van der Waals surface area contributed by atoms with Crippen molar-refractivity contribution < 1.29 is 38.4 Å². The fraction of sp³-hybridized carbons (Fsp3) is 0.429.